The van der Waals surface area contributed by atoms with Crippen molar-refractivity contribution in [2.24, 2.45) is 0 Å². The molecule has 0 saturated carbocycles. The first-order valence-corrected chi connectivity index (χ1v) is 6.25. The Morgan fingerprint density at radius 2 is 1.85 bits per heavy atom. The zero-order chi connectivity index (χ0) is 13.9. The summed E-state index contributed by atoms with van der Waals surface area (Å²) in [6.45, 7) is 3.72. The number of aromatic nitrogens is 3. The van der Waals surface area contributed by atoms with Crippen LogP contribution in [0.3, 0.4) is 0 Å². The maximum Gasteiger partial charge on any atom is 0.123 e. The summed E-state index contributed by atoms with van der Waals surface area (Å²) < 4.78 is 13.0. The van der Waals surface area contributed by atoms with Crippen molar-refractivity contribution in [2.45, 2.75) is 6.42 Å². The first kappa shape index (κ1) is 12.4. The third kappa shape index (κ3) is 2.28. The quantitative estimate of drug-likeness (QED) is 0.680. The van der Waals surface area contributed by atoms with Gasteiger partial charge in [0.1, 0.15) is 17.7 Å². The van der Waals surface area contributed by atoms with Crippen LogP contribution in [-0.4, -0.2) is 15.0 Å². The molecular weight excluding hydrogens is 253 g/mol. The highest BCUT2D eigenvalue weighted by atomic mass is 19.1. The largest absolute Gasteiger partial charge is 0.244 e. The van der Waals surface area contributed by atoms with Gasteiger partial charge in [-0.25, -0.2) is 19.3 Å². The van der Waals surface area contributed by atoms with E-state index in [1.165, 1.54) is 18.5 Å². The second kappa shape index (κ2) is 5.17. The van der Waals surface area contributed by atoms with Gasteiger partial charge in [-0.15, -0.1) is 6.58 Å². The molecule has 2 heterocycles. The lowest BCUT2D eigenvalue weighted by molar-refractivity contribution is 0.628. The number of nitrogens with zero attached hydrogens (tertiary/aromatic N) is 3. The van der Waals surface area contributed by atoms with Crippen LogP contribution in [0.4, 0.5) is 4.39 Å². The van der Waals surface area contributed by atoms with Crippen molar-refractivity contribution in [3.05, 3.63) is 66.9 Å². The van der Waals surface area contributed by atoms with Gasteiger partial charge in [0.25, 0.3) is 0 Å². The van der Waals surface area contributed by atoms with Crippen molar-refractivity contribution in [1.29, 1.82) is 0 Å². The summed E-state index contributed by atoms with van der Waals surface area (Å²) in [6.07, 6.45) is 3.95. The molecule has 0 fully saturated rings. The molecule has 98 valence electrons. The highest BCUT2D eigenvalue weighted by molar-refractivity contribution is 5.79. The van der Waals surface area contributed by atoms with Crippen molar-refractivity contribution in [3.63, 3.8) is 0 Å². The van der Waals surface area contributed by atoms with Crippen LogP contribution in [0, 0.1) is 5.82 Å². The average Bonchev–Trinajstić information content (AvgIpc) is 2.48. The van der Waals surface area contributed by atoms with E-state index in [0.29, 0.717) is 6.42 Å². The molecule has 3 nitrogen and oxygen atoms in total. The van der Waals surface area contributed by atoms with Crippen LogP contribution >= 0.6 is 0 Å². The van der Waals surface area contributed by atoms with Gasteiger partial charge in [0.2, 0.25) is 0 Å². The zero-order valence-corrected chi connectivity index (χ0v) is 10.8. The van der Waals surface area contributed by atoms with Crippen LogP contribution in [0.25, 0.3) is 22.3 Å². The number of halogens is 1. The molecule has 3 aromatic rings. The van der Waals surface area contributed by atoms with Gasteiger partial charge in [-0.3, -0.25) is 0 Å². The molecule has 0 aliphatic carbocycles. The molecule has 2 aromatic heterocycles. The van der Waals surface area contributed by atoms with E-state index >= 15 is 0 Å². The fourth-order valence-corrected chi connectivity index (χ4v) is 2.06. The number of hydrogen-bond donors (Lipinski definition) is 0. The fraction of sp³-hybridized carbons (Fsp3) is 0.0625. The minimum Gasteiger partial charge on any atom is -0.244 e. The van der Waals surface area contributed by atoms with Crippen molar-refractivity contribution in [1.82, 2.24) is 15.0 Å². The van der Waals surface area contributed by atoms with Crippen LogP contribution in [0.15, 0.2) is 55.4 Å². The normalized spacial score (nSPS) is 10.7. The summed E-state index contributed by atoms with van der Waals surface area (Å²) in [5, 5.41) is 0. The van der Waals surface area contributed by atoms with Crippen LogP contribution in [0.1, 0.15) is 5.69 Å². The molecule has 0 aliphatic rings. The third-order valence-electron chi connectivity index (χ3n) is 3.04. The van der Waals surface area contributed by atoms with E-state index in [4.69, 9.17) is 0 Å². The molecule has 0 bridgehead atoms. The van der Waals surface area contributed by atoms with Gasteiger partial charge in [-0.2, -0.15) is 0 Å². The molecule has 0 saturated heterocycles. The lowest BCUT2D eigenvalue weighted by Gasteiger charge is -2.05. The second-order valence-corrected chi connectivity index (χ2v) is 4.38. The molecule has 20 heavy (non-hydrogen) atoms. The minimum atomic E-state index is -0.259. The Kier molecular flexibility index (Phi) is 3.21. The molecular formula is C16H12FN3. The highest BCUT2D eigenvalue weighted by Crippen LogP contribution is 2.21. The monoisotopic (exact) mass is 265 g/mol. The standard InChI is InChI=1S/C16H12FN3/c1-2-3-14-16-15(19-10-18-14)9-8-13(20-16)11-4-6-12(17)7-5-11/h2,4-10H,1,3H2. The molecule has 0 amide bonds. The summed E-state index contributed by atoms with van der Waals surface area (Å²) in [5.41, 5.74) is 4.03. The Morgan fingerprint density at radius 3 is 2.60 bits per heavy atom. The topological polar surface area (TPSA) is 38.7 Å². The van der Waals surface area contributed by atoms with Crippen molar-refractivity contribution in [3.8, 4) is 11.3 Å². The van der Waals surface area contributed by atoms with Gasteiger partial charge < -0.3 is 0 Å². The van der Waals surface area contributed by atoms with Crippen molar-refractivity contribution < 1.29 is 4.39 Å². The van der Waals surface area contributed by atoms with E-state index in [2.05, 4.69) is 21.5 Å². The Hall–Kier alpha value is -2.62. The van der Waals surface area contributed by atoms with Crippen LogP contribution < -0.4 is 0 Å². The van der Waals surface area contributed by atoms with Gasteiger partial charge in [0, 0.05) is 12.0 Å². The maximum atomic E-state index is 13.0. The summed E-state index contributed by atoms with van der Waals surface area (Å²) in [4.78, 5) is 13.0. The van der Waals surface area contributed by atoms with E-state index in [1.807, 2.05) is 12.1 Å². The zero-order valence-electron chi connectivity index (χ0n) is 10.8. The third-order valence-corrected chi connectivity index (χ3v) is 3.04. The summed E-state index contributed by atoms with van der Waals surface area (Å²) >= 11 is 0. The maximum absolute atomic E-state index is 13.0. The summed E-state index contributed by atoms with van der Waals surface area (Å²) in [7, 11) is 0. The fourth-order valence-electron chi connectivity index (χ4n) is 2.06. The number of rotatable bonds is 3. The highest BCUT2D eigenvalue weighted by Gasteiger charge is 2.07. The molecule has 0 unspecified atom stereocenters. The van der Waals surface area contributed by atoms with Crippen LogP contribution in [0.2, 0.25) is 0 Å². The second-order valence-electron chi connectivity index (χ2n) is 4.38. The molecule has 3 rings (SSSR count). The van der Waals surface area contributed by atoms with E-state index in [1.54, 1.807) is 18.2 Å². The number of allylic oxidation sites excluding steroid dienone is 1. The lowest BCUT2D eigenvalue weighted by atomic mass is 10.1. The van der Waals surface area contributed by atoms with Crippen LogP contribution in [-0.2, 0) is 6.42 Å². The predicted molar refractivity (Wildman–Crippen MR) is 76.6 cm³/mol. The molecule has 0 aliphatic heterocycles. The predicted octanol–water partition coefficient (Wildman–Crippen LogP) is 3.56. The number of fused-ring (bicyclic) bond motifs is 1. The minimum absolute atomic E-state index is 0.259. The lowest BCUT2D eigenvalue weighted by Crippen LogP contribution is -1.96. The summed E-state index contributed by atoms with van der Waals surface area (Å²) in [5.74, 6) is -0.259. The van der Waals surface area contributed by atoms with Crippen molar-refractivity contribution >= 4 is 11.0 Å². The smallest absolute Gasteiger partial charge is 0.123 e. The number of benzene rings is 1. The molecule has 1 aromatic carbocycles. The van der Waals surface area contributed by atoms with Gasteiger partial charge in [0.15, 0.2) is 0 Å². The van der Waals surface area contributed by atoms with Crippen molar-refractivity contribution in [2.75, 3.05) is 0 Å². The SMILES string of the molecule is C=CCc1ncnc2ccc(-c3ccc(F)cc3)nc12. The Balaban J connectivity index is 2.16. The van der Waals surface area contributed by atoms with Gasteiger partial charge >= 0.3 is 0 Å². The van der Waals surface area contributed by atoms with E-state index in [-0.39, 0.29) is 5.82 Å². The molecule has 0 N–H and O–H groups in total. The molecule has 0 spiro atoms. The van der Waals surface area contributed by atoms with Gasteiger partial charge in [0.05, 0.1) is 16.9 Å². The van der Waals surface area contributed by atoms with E-state index in [0.717, 1.165) is 28.0 Å². The molecule has 0 radical (unpaired) electrons. The average molecular weight is 265 g/mol. The Labute approximate surface area is 115 Å². The number of hydrogen-bond acceptors (Lipinski definition) is 3. The Bertz CT molecular complexity index is 766. The molecule has 0 atom stereocenters. The Morgan fingerprint density at radius 1 is 1.05 bits per heavy atom. The van der Waals surface area contributed by atoms with E-state index in [9.17, 15) is 4.39 Å². The van der Waals surface area contributed by atoms with E-state index < -0.39 is 0 Å². The number of pyridine rings is 1. The van der Waals surface area contributed by atoms with Crippen LogP contribution in [0.5, 0.6) is 0 Å². The first-order chi connectivity index (χ1) is 9.78. The van der Waals surface area contributed by atoms with Gasteiger partial charge in [-0.05, 0) is 36.4 Å². The summed E-state index contributed by atoms with van der Waals surface area (Å²) in [6, 6.07) is 10.0. The van der Waals surface area contributed by atoms with Gasteiger partial charge in [-0.1, -0.05) is 6.08 Å². The molecule has 4 heteroatoms. The first-order valence-electron chi connectivity index (χ1n) is 6.25.